The Morgan fingerprint density at radius 2 is 2.31 bits per heavy atom. The predicted molar refractivity (Wildman–Crippen MR) is 55.7 cm³/mol. The molecule has 0 aliphatic heterocycles. The molecule has 76 valence electrons. The largest absolute Gasteiger partial charge is 0.387 e. The summed E-state index contributed by atoms with van der Waals surface area (Å²) in [6, 6.07) is 0. The van der Waals surface area contributed by atoms with Crippen LogP contribution in [0, 0.1) is 0 Å². The van der Waals surface area contributed by atoms with Gasteiger partial charge in [0.2, 0.25) is 0 Å². The van der Waals surface area contributed by atoms with Crippen molar-refractivity contribution in [2.24, 2.45) is 0 Å². The van der Waals surface area contributed by atoms with Crippen molar-refractivity contribution in [1.29, 1.82) is 0 Å². The third-order valence-electron chi connectivity index (χ3n) is 2.59. The second kappa shape index (κ2) is 6.17. The molecular weight excluding hydrogens is 162 g/mol. The van der Waals surface area contributed by atoms with Crippen LogP contribution in [0.25, 0.3) is 0 Å². The number of hydrogen-bond donors (Lipinski definition) is 2. The summed E-state index contributed by atoms with van der Waals surface area (Å²) in [5.41, 5.74) is 1.25. The Labute approximate surface area is 81.0 Å². The Balaban J connectivity index is 2.34. The molecule has 2 heteroatoms. The second-order valence-electron chi connectivity index (χ2n) is 3.70. The lowest BCUT2D eigenvalue weighted by Gasteiger charge is -2.14. The van der Waals surface area contributed by atoms with E-state index in [9.17, 15) is 5.11 Å². The van der Waals surface area contributed by atoms with Crippen LogP contribution in [0.5, 0.6) is 0 Å². The second-order valence-corrected chi connectivity index (χ2v) is 3.70. The maximum atomic E-state index is 9.80. The first-order chi connectivity index (χ1) is 6.34. The van der Waals surface area contributed by atoms with Gasteiger partial charge >= 0.3 is 0 Å². The molecule has 1 aliphatic carbocycles. The first kappa shape index (κ1) is 10.7. The number of hydrogen-bond acceptors (Lipinski definition) is 2. The Hall–Kier alpha value is -0.340. The minimum Gasteiger partial charge on any atom is -0.387 e. The molecule has 0 spiro atoms. The van der Waals surface area contributed by atoms with Gasteiger partial charge in [-0.1, -0.05) is 19.4 Å². The first-order valence-corrected chi connectivity index (χ1v) is 5.42. The standard InChI is InChI=1S/C11H21NO/c1-2-12-9-11(13)10-7-5-3-4-6-8-10/h7,11-13H,2-6,8-9H2,1H3. The van der Waals surface area contributed by atoms with Crippen LogP contribution in [0.1, 0.15) is 39.0 Å². The highest BCUT2D eigenvalue weighted by Gasteiger charge is 2.11. The summed E-state index contributed by atoms with van der Waals surface area (Å²) in [5.74, 6) is 0. The van der Waals surface area contributed by atoms with Crippen molar-refractivity contribution in [2.45, 2.75) is 45.1 Å². The van der Waals surface area contributed by atoms with Crippen LogP contribution in [0.4, 0.5) is 0 Å². The lowest BCUT2D eigenvalue weighted by molar-refractivity contribution is 0.203. The van der Waals surface area contributed by atoms with E-state index in [0.29, 0.717) is 6.54 Å². The fourth-order valence-electron chi connectivity index (χ4n) is 1.75. The number of aliphatic hydroxyl groups excluding tert-OH is 1. The zero-order valence-corrected chi connectivity index (χ0v) is 8.55. The molecule has 1 atom stereocenters. The van der Waals surface area contributed by atoms with E-state index >= 15 is 0 Å². The van der Waals surface area contributed by atoms with Gasteiger partial charge in [0.05, 0.1) is 6.10 Å². The molecule has 2 N–H and O–H groups in total. The number of likely N-dealkylation sites (N-methyl/N-ethyl adjacent to an activating group) is 1. The Kier molecular flexibility index (Phi) is 5.09. The quantitative estimate of drug-likeness (QED) is 0.652. The van der Waals surface area contributed by atoms with E-state index in [1.807, 2.05) is 0 Å². The Morgan fingerprint density at radius 3 is 3.08 bits per heavy atom. The highest BCUT2D eigenvalue weighted by Crippen LogP contribution is 2.19. The third-order valence-corrected chi connectivity index (χ3v) is 2.59. The molecular formula is C11H21NO. The number of aliphatic hydroxyl groups is 1. The summed E-state index contributed by atoms with van der Waals surface area (Å²) in [6.45, 7) is 3.71. The summed E-state index contributed by atoms with van der Waals surface area (Å²) in [6.07, 6.45) is 8.07. The van der Waals surface area contributed by atoms with Crippen LogP contribution in [-0.4, -0.2) is 24.3 Å². The van der Waals surface area contributed by atoms with E-state index < -0.39 is 0 Å². The molecule has 0 heterocycles. The van der Waals surface area contributed by atoms with Gasteiger partial charge < -0.3 is 10.4 Å². The van der Waals surface area contributed by atoms with Gasteiger partial charge in [0.15, 0.2) is 0 Å². The summed E-state index contributed by atoms with van der Waals surface area (Å²) in [7, 11) is 0. The van der Waals surface area contributed by atoms with Crippen LogP contribution in [0.3, 0.4) is 0 Å². The van der Waals surface area contributed by atoms with Crippen LogP contribution < -0.4 is 5.32 Å². The van der Waals surface area contributed by atoms with Gasteiger partial charge in [-0.2, -0.15) is 0 Å². The third kappa shape index (κ3) is 3.92. The summed E-state index contributed by atoms with van der Waals surface area (Å²) in [4.78, 5) is 0. The normalized spacial score (nSPS) is 20.6. The lowest BCUT2D eigenvalue weighted by atomic mass is 10.0. The van der Waals surface area contributed by atoms with E-state index in [0.717, 1.165) is 19.4 Å². The molecule has 2 nitrogen and oxygen atoms in total. The highest BCUT2D eigenvalue weighted by atomic mass is 16.3. The summed E-state index contributed by atoms with van der Waals surface area (Å²) >= 11 is 0. The van der Waals surface area contributed by atoms with Gasteiger partial charge in [-0.3, -0.25) is 0 Å². The number of allylic oxidation sites excluding steroid dienone is 1. The van der Waals surface area contributed by atoms with Crippen LogP contribution >= 0.6 is 0 Å². The summed E-state index contributed by atoms with van der Waals surface area (Å²) in [5, 5.41) is 13.0. The first-order valence-electron chi connectivity index (χ1n) is 5.42. The zero-order valence-electron chi connectivity index (χ0n) is 8.55. The minimum atomic E-state index is -0.252. The zero-order chi connectivity index (χ0) is 9.52. The minimum absolute atomic E-state index is 0.252. The molecule has 0 aromatic rings. The molecule has 1 rings (SSSR count). The van der Waals surface area contributed by atoms with E-state index in [2.05, 4.69) is 18.3 Å². The molecule has 0 saturated carbocycles. The van der Waals surface area contributed by atoms with Gasteiger partial charge in [-0.15, -0.1) is 0 Å². The predicted octanol–water partition coefficient (Wildman–Crippen LogP) is 1.85. The van der Waals surface area contributed by atoms with Crippen molar-refractivity contribution in [3.63, 3.8) is 0 Å². The van der Waals surface area contributed by atoms with E-state index in [-0.39, 0.29) is 6.10 Å². The molecule has 0 radical (unpaired) electrons. The van der Waals surface area contributed by atoms with Crippen LogP contribution in [-0.2, 0) is 0 Å². The van der Waals surface area contributed by atoms with Gasteiger partial charge in [-0.25, -0.2) is 0 Å². The van der Waals surface area contributed by atoms with E-state index in [4.69, 9.17) is 0 Å². The van der Waals surface area contributed by atoms with E-state index in [1.54, 1.807) is 0 Å². The van der Waals surface area contributed by atoms with Crippen molar-refractivity contribution < 1.29 is 5.11 Å². The topological polar surface area (TPSA) is 32.3 Å². The molecule has 0 amide bonds. The fraction of sp³-hybridized carbons (Fsp3) is 0.818. The monoisotopic (exact) mass is 183 g/mol. The van der Waals surface area contributed by atoms with Crippen molar-refractivity contribution in [1.82, 2.24) is 5.32 Å². The van der Waals surface area contributed by atoms with Gasteiger partial charge in [-0.05, 0) is 37.8 Å². The number of nitrogens with one attached hydrogen (secondary N) is 1. The van der Waals surface area contributed by atoms with Crippen molar-refractivity contribution in [3.8, 4) is 0 Å². The van der Waals surface area contributed by atoms with Crippen molar-refractivity contribution >= 4 is 0 Å². The molecule has 0 fully saturated rings. The van der Waals surface area contributed by atoms with Gasteiger partial charge in [0, 0.05) is 6.54 Å². The Morgan fingerprint density at radius 1 is 1.46 bits per heavy atom. The van der Waals surface area contributed by atoms with Crippen molar-refractivity contribution in [2.75, 3.05) is 13.1 Å². The average Bonchev–Trinajstić information content (AvgIpc) is 2.42. The van der Waals surface area contributed by atoms with Crippen LogP contribution in [0.15, 0.2) is 11.6 Å². The summed E-state index contributed by atoms with van der Waals surface area (Å²) < 4.78 is 0. The van der Waals surface area contributed by atoms with Gasteiger partial charge in [0.25, 0.3) is 0 Å². The molecule has 0 aromatic carbocycles. The fourth-order valence-corrected chi connectivity index (χ4v) is 1.75. The van der Waals surface area contributed by atoms with E-state index in [1.165, 1.54) is 24.8 Å². The molecule has 0 saturated heterocycles. The lowest BCUT2D eigenvalue weighted by Crippen LogP contribution is -2.28. The molecule has 13 heavy (non-hydrogen) atoms. The SMILES string of the molecule is CCNCC(O)C1=CCCCCC1. The molecule has 0 bridgehead atoms. The van der Waals surface area contributed by atoms with Crippen molar-refractivity contribution in [3.05, 3.63) is 11.6 Å². The molecule has 1 aliphatic rings. The smallest absolute Gasteiger partial charge is 0.0874 e. The maximum absolute atomic E-state index is 9.80. The molecule has 1 unspecified atom stereocenters. The molecule has 0 aromatic heterocycles. The number of rotatable bonds is 4. The van der Waals surface area contributed by atoms with Crippen LogP contribution in [0.2, 0.25) is 0 Å². The maximum Gasteiger partial charge on any atom is 0.0874 e. The van der Waals surface area contributed by atoms with Gasteiger partial charge in [0.1, 0.15) is 0 Å². The average molecular weight is 183 g/mol. The Bertz CT molecular complexity index is 165. The highest BCUT2D eigenvalue weighted by molar-refractivity contribution is 5.09.